The highest BCUT2D eigenvalue weighted by atomic mass is 14.3. The zero-order valence-corrected chi connectivity index (χ0v) is 7.67. The second-order valence-corrected chi connectivity index (χ2v) is 3.43. The fraction of sp³-hybridized carbons (Fsp3) is 0.250. The molecule has 1 aliphatic carbocycles. The van der Waals surface area contributed by atoms with Crippen LogP contribution in [0, 0.1) is 18.3 Å². The van der Waals surface area contributed by atoms with Gasteiger partial charge in [-0.3, -0.25) is 0 Å². The summed E-state index contributed by atoms with van der Waals surface area (Å²) in [6, 6.07) is 8.54. The van der Waals surface area contributed by atoms with Crippen LogP contribution in [0.2, 0.25) is 0 Å². The molecule has 0 heterocycles. The van der Waals surface area contributed by atoms with Crippen molar-refractivity contribution in [3.05, 3.63) is 41.0 Å². The molecule has 0 spiro atoms. The number of hydrogen-bond donors (Lipinski definition) is 0. The summed E-state index contributed by atoms with van der Waals surface area (Å²) in [5.74, 6) is 0. The fourth-order valence-electron chi connectivity index (χ4n) is 1.78. The van der Waals surface area contributed by atoms with E-state index in [9.17, 15) is 0 Å². The van der Waals surface area contributed by atoms with Crippen LogP contribution in [-0.4, -0.2) is 0 Å². The topological polar surface area (TPSA) is 23.8 Å². The van der Waals surface area contributed by atoms with E-state index in [1.807, 2.05) is 6.08 Å². The van der Waals surface area contributed by atoms with Gasteiger partial charge in [-0.15, -0.1) is 0 Å². The molecule has 0 aromatic heterocycles. The van der Waals surface area contributed by atoms with E-state index in [1.165, 1.54) is 11.1 Å². The normalized spacial score (nSPS) is 14.3. The first-order chi connectivity index (χ1) is 6.31. The lowest BCUT2D eigenvalue weighted by Gasteiger charge is -2.13. The first-order valence-electron chi connectivity index (χ1n) is 4.51. The van der Waals surface area contributed by atoms with Crippen LogP contribution in [0.25, 0.3) is 5.57 Å². The summed E-state index contributed by atoms with van der Waals surface area (Å²) in [4.78, 5) is 0. The molecule has 0 N–H and O–H groups in total. The van der Waals surface area contributed by atoms with Crippen LogP contribution in [-0.2, 0) is 6.42 Å². The Morgan fingerprint density at radius 2 is 2.23 bits per heavy atom. The third-order valence-corrected chi connectivity index (χ3v) is 2.43. The number of aryl methyl sites for hydroxylation is 2. The fourth-order valence-corrected chi connectivity index (χ4v) is 1.78. The number of benzene rings is 1. The van der Waals surface area contributed by atoms with Crippen molar-refractivity contribution >= 4 is 5.57 Å². The van der Waals surface area contributed by atoms with Crippen LogP contribution in [0.5, 0.6) is 0 Å². The van der Waals surface area contributed by atoms with Crippen molar-refractivity contribution in [2.24, 2.45) is 0 Å². The minimum Gasteiger partial charge on any atom is -0.192 e. The van der Waals surface area contributed by atoms with Crippen LogP contribution in [0.15, 0.2) is 24.3 Å². The van der Waals surface area contributed by atoms with Gasteiger partial charge in [0.25, 0.3) is 0 Å². The van der Waals surface area contributed by atoms with Crippen molar-refractivity contribution in [1.29, 1.82) is 5.26 Å². The summed E-state index contributed by atoms with van der Waals surface area (Å²) in [5.41, 5.74) is 4.55. The molecule has 2 rings (SSSR count). The van der Waals surface area contributed by atoms with Crippen molar-refractivity contribution in [2.75, 3.05) is 0 Å². The molecule has 0 unspecified atom stereocenters. The lowest BCUT2D eigenvalue weighted by molar-refractivity contribution is 0.977. The zero-order valence-electron chi connectivity index (χ0n) is 7.67. The van der Waals surface area contributed by atoms with Gasteiger partial charge in [0.05, 0.1) is 11.6 Å². The summed E-state index contributed by atoms with van der Waals surface area (Å²) in [7, 11) is 0. The molecule has 0 bridgehead atoms. The van der Waals surface area contributed by atoms with Crippen molar-refractivity contribution < 1.29 is 0 Å². The van der Waals surface area contributed by atoms with Gasteiger partial charge in [0, 0.05) is 0 Å². The van der Waals surface area contributed by atoms with E-state index in [-0.39, 0.29) is 0 Å². The predicted molar refractivity (Wildman–Crippen MR) is 53.1 cm³/mol. The average molecular weight is 169 g/mol. The van der Waals surface area contributed by atoms with Gasteiger partial charge in [-0.25, -0.2) is 0 Å². The third-order valence-electron chi connectivity index (χ3n) is 2.43. The minimum atomic E-state index is 0.834. The molecule has 0 radical (unpaired) electrons. The molecule has 1 aromatic carbocycles. The van der Waals surface area contributed by atoms with Crippen LogP contribution in [0.4, 0.5) is 0 Å². The maximum Gasteiger partial charge on any atom is 0.0994 e. The second-order valence-electron chi connectivity index (χ2n) is 3.43. The molecule has 13 heavy (non-hydrogen) atoms. The molecule has 0 fully saturated rings. The maximum atomic E-state index is 8.89. The average Bonchev–Trinajstić information content (AvgIpc) is 2.16. The van der Waals surface area contributed by atoms with Gasteiger partial charge in [0.2, 0.25) is 0 Å². The number of hydrogen-bond acceptors (Lipinski definition) is 1. The van der Waals surface area contributed by atoms with Gasteiger partial charge < -0.3 is 0 Å². The molecule has 0 saturated heterocycles. The van der Waals surface area contributed by atoms with Crippen molar-refractivity contribution in [3.8, 4) is 6.07 Å². The van der Waals surface area contributed by atoms with Crippen LogP contribution < -0.4 is 0 Å². The molecule has 1 aromatic rings. The van der Waals surface area contributed by atoms with E-state index in [1.54, 1.807) is 0 Å². The monoisotopic (exact) mass is 169 g/mol. The first-order valence-corrected chi connectivity index (χ1v) is 4.51. The molecule has 0 atom stereocenters. The van der Waals surface area contributed by atoms with E-state index in [0.29, 0.717) is 0 Å². The van der Waals surface area contributed by atoms with Crippen molar-refractivity contribution in [1.82, 2.24) is 0 Å². The Hall–Kier alpha value is -1.55. The summed E-state index contributed by atoms with van der Waals surface area (Å²) < 4.78 is 0. The quantitative estimate of drug-likeness (QED) is 0.585. The molecule has 1 heteroatoms. The van der Waals surface area contributed by atoms with Crippen LogP contribution in [0.1, 0.15) is 23.1 Å². The van der Waals surface area contributed by atoms with Crippen LogP contribution in [0.3, 0.4) is 0 Å². The Balaban J connectivity index is 2.57. The van der Waals surface area contributed by atoms with Crippen LogP contribution >= 0.6 is 0 Å². The summed E-state index contributed by atoms with van der Waals surface area (Å²) >= 11 is 0. The first kappa shape index (κ1) is 8.07. The summed E-state index contributed by atoms with van der Waals surface area (Å²) in [6.45, 7) is 2.09. The Morgan fingerprint density at radius 1 is 1.38 bits per heavy atom. The van der Waals surface area contributed by atoms with Gasteiger partial charge in [-0.2, -0.15) is 5.26 Å². The molecular formula is C12H11N. The highest BCUT2D eigenvalue weighted by Crippen LogP contribution is 2.26. The zero-order chi connectivity index (χ0) is 9.26. The SMILES string of the molecule is Cc1ccc2c(c1)CCC=C2C#N. The molecule has 0 saturated carbocycles. The Morgan fingerprint density at radius 3 is 3.00 bits per heavy atom. The number of allylic oxidation sites excluding steroid dienone is 2. The van der Waals surface area contributed by atoms with E-state index in [2.05, 4.69) is 31.2 Å². The predicted octanol–water partition coefficient (Wildman–Crippen LogP) is 2.85. The number of nitriles is 1. The van der Waals surface area contributed by atoms with Gasteiger partial charge in [-0.1, -0.05) is 29.8 Å². The smallest absolute Gasteiger partial charge is 0.0994 e. The molecular weight excluding hydrogens is 158 g/mol. The molecule has 1 aliphatic rings. The third kappa shape index (κ3) is 1.36. The standard InChI is InChI=1S/C12H11N/c1-9-5-6-12-10(7-9)3-2-4-11(12)8-13/h4-7H,2-3H2,1H3. The van der Waals surface area contributed by atoms with Gasteiger partial charge >= 0.3 is 0 Å². The highest BCUT2D eigenvalue weighted by molar-refractivity contribution is 5.79. The second kappa shape index (κ2) is 3.06. The Labute approximate surface area is 78.3 Å². The number of nitrogens with zero attached hydrogens (tertiary/aromatic N) is 1. The lowest BCUT2D eigenvalue weighted by Crippen LogP contribution is -1.98. The molecule has 0 aliphatic heterocycles. The number of fused-ring (bicyclic) bond motifs is 1. The summed E-state index contributed by atoms with van der Waals surface area (Å²) in [5, 5.41) is 8.89. The molecule has 64 valence electrons. The number of rotatable bonds is 0. The summed E-state index contributed by atoms with van der Waals surface area (Å²) in [6.07, 6.45) is 4.10. The van der Waals surface area contributed by atoms with E-state index in [4.69, 9.17) is 5.26 Å². The van der Waals surface area contributed by atoms with Gasteiger partial charge in [-0.05, 0) is 30.9 Å². The molecule has 0 amide bonds. The Kier molecular flexibility index (Phi) is 1.90. The van der Waals surface area contributed by atoms with Gasteiger partial charge in [0.1, 0.15) is 0 Å². The minimum absolute atomic E-state index is 0.834. The van der Waals surface area contributed by atoms with Crippen molar-refractivity contribution in [2.45, 2.75) is 19.8 Å². The van der Waals surface area contributed by atoms with E-state index in [0.717, 1.165) is 24.0 Å². The Bertz CT molecular complexity index is 408. The highest BCUT2D eigenvalue weighted by Gasteiger charge is 2.11. The van der Waals surface area contributed by atoms with E-state index < -0.39 is 0 Å². The largest absolute Gasteiger partial charge is 0.192 e. The van der Waals surface area contributed by atoms with E-state index >= 15 is 0 Å². The lowest BCUT2D eigenvalue weighted by atomic mass is 9.90. The van der Waals surface area contributed by atoms with Crippen molar-refractivity contribution in [3.63, 3.8) is 0 Å². The molecule has 1 nitrogen and oxygen atoms in total. The maximum absolute atomic E-state index is 8.89. The van der Waals surface area contributed by atoms with Gasteiger partial charge in [0.15, 0.2) is 0 Å².